The highest BCUT2D eigenvalue weighted by Crippen LogP contribution is 2.20. The lowest BCUT2D eigenvalue weighted by molar-refractivity contribution is 0.166. The number of pyridine rings is 1. The van der Waals surface area contributed by atoms with E-state index in [1.165, 1.54) is 12.4 Å². The summed E-state index contributed by atoms with van der Waals surface area (Å²) in [7, 11) is 0. The first kappa shape index (κ1) is 10.9. The number of ether oxygens (including phenoxy) is 1. The van der Waals surface area contributed by atoms with Gasteiger partial charge in [0.05, 0.1) is 25.5 Å². The maximum atomic E-state index is 12.7. The molecule has 18 heavy (non-hydrogen) atoms. The first-order valence-corrected chi connectivity index (χ1v) is 5.60. The topological polar surface area (TPSA) is 51.1 Å². The number of hydrogen-bond acceptors (Lipinski definition) is 5. The zero-order valence-electron chi connectivity index (χ0n) is 9.53. The van der Waals surface area contributed by atoms with Gasteiger partial charge in [-0.2, -0.15) is 0 Å². The molecule has 3 rings (SSSR count). The zero-order chi connectivity index (χ0) is 12.4. The van der Waals surface area contributed by atoms with Crippen LogP contribution >= 0.6 is 0 Å². The summed E-state index contributed by atoms with van der Waals surface area (Å²) in [6.45, 7) is 1.40. The summed E-state index contributed by atoms with van der Waals surface area (Å²) in [6.07, 6.45) is 5.82. The van der Waals surface area contributed by atoms with E-state index in [0.717, 1.165) is 5.75 Å². The lowest BCUT2D eigenvalue weighted by Crippen LogP contribution is -2.54. The Balaban J connectivity index is 1.56. The summed E-state index contributed by atoms with van der Waals surface area (Å²) in [5.41, 5.74) is 0. The van der Waals surface area contributed by atoms with Gasteiger partial charge in [-0.1, -0.05) is 0 Å². The van der Waals surface area contributed by atoms with E-state index in [4.69, 9.17) is 4.74 Å². The van der Waals surface area contributed by atoms with Crippen molar-refractivity contribution in [1.29, 1.82) is 0 Å². The van der Waals surface area contributed by atoms with Crippen molar-refractivity contribution >= 4 is 5.95 Å². The highest BCUT2D eigenvalue weighted by molar-refractivity contribution is 5.34. The van der Waals surface area contributed by atoms with Gasteiger partial charge in [0.25, 0.3) is 0 Å². The van der Waals surface area contributed by atoms with E-state index in [2.05, 4.69) is 15.0 Å². The van der Waals surface area contributed by atoms with Crippen LogP contribution in [0, 0.1) is 5.82 Å². The van der Waals surface area contributed by atoms with Gasteiger partial charge < -0.3 is 9.64 Å². The van der Waals surface area contributed by atoms with Crippen LogP contribution in [0.25, 0.3) is 0 Å². The summed E-state index contributed by atoms with van der Waals surface area (Å²) >= 11 is 0. The highest BCUT2D eigenvalue weighted by atomic mass is 19.1. The van der Waals surface area contributed by atoms with Crippen molar-refractivity contribution in [1.82, 2.24) is 15.0 Å². The van der Waals surface area contributed by atoms with Crippen molar-refractivity contribution in [2.45, 2.75) is 6.10 Å². The van der Waals surface area contributed by atoms with Gasteiger partial charge in [-0.3, -0.25) is 4.98 Å². The van der Waals surface area contributed by atoms with Gasteiger partial charge in [0.1, 0.15) is 11.9 Å². The normalized spacial score (nSPS) is 15.3. The predicted octanol–water partition coefficient (Wildman–Crippen LogP) is 1.28. The number of anilines is 1. The van der Waals surface area contributed by atoms with Gasteiger partial charge in [-0.05, 0) is 12.1 Å². The molecule has 0 aliphatic carbocycles. The quantitative estimate of drug-likeness (QED) is 0.816. The third kappa shape index (κ3) is 2.22. The van der Waals surface area contributed by atoms with Crippen molar-refractivity contribution in [3.8, 4) is 5.75 Å². The number of hydrogen-bond donors (Lipinski definition) is 0. The molecule has 1 saturated heterocycles. The fraction of sp³-hybridized carbons (Fsp3) is 0.250. The Morgan fingerprint density at radius 3 is 2.50 bits per heavy atom. The molecule has 0 atom stereocenters. The molecule has 0 aromatic carbocycles. The Hall–Kier alpha value is -2.24. The monoisotopic (exact) mass is 246 g/mol. The molecule has 6 heteroatoms. The average Bonchev–Trinajstić information content (AvgIpc) is 2.36. The van der Waals surface area contributed by atoms with Crippen LogP contribution in [0.5, 0.6) is 5.75 Å². The first-order chi connectivity index (χ1) is 8.81. The second-order valence-corrected chi connectivity index (χ2v) is 4.03. The number of aromatic nitrogens is 3. The molecule has 1 fully saturated rings. The lowest BCUT2D eigenvalue weighted by Gasteiger charge is -2.38. The van der Waals surface area contributed by atoms with Crippen LogP contribution in [0.4, 0.5) is 10.3 Å². The van der Waals surface area contributed by atoms with Crippen LogP contribution < -0.4 is 9.64 Å². The summed E-state index contributed by atoms with van der Waals surface area (Å²) in [4.78, 5) is 13.7. The van der Waals surface area contributed by atoms with Crippen LogP contribution in [0.2, 0.25) is 0 Å². The summed E-state index contributed by atoms with van der Waals surface area (Å²) in [6, 6.07) is 3.63. The van der Waals surface area contributed by atoms with Crippen LogP contribution in [0.15, 0.2) is 36.9 Å². The maximum absolute atomic E-state index is 12.7. The Morgan fingerprint density at radius 1 is 1.17 bits per heavy atom. The first-order valence-electron chi connectivity index (χ1n) is 5.60. The van der Waals surface area contributed by atoms with E-state index in [1.54, 1.807) is 12.4 Å². The minimum Gasteiger partial charge on any atom is -0.487 e. The minimum absolute atomic E-state index is 0.112. The van der Waals surface area contributed by atoms with Gasteiger partial charge >= 0.3 is 0 Å². The van der Waals surface area contributed by atoms with E-state index < -0.39 is 5.82 Å². The van der Waals surface area contributed by atoms with Gasteiger partial charge in [-0.15, -0.1) is 0 Å². The van der Waals surface area contributed by atoms with Crippen molar-refractivity contribution in [2.75, 3.05) is 18.0 Å². The van der Waals surface area contributed by atoms with Crippen LogP contribution in [0.3, 0.4) is 0 Å². The number of rotatable bonds is 3. The molecule has 0 bridgehead atoms. The largest absolute Gasteiger partial charge is 0.487 e. The van der Waals surface area contributed by atoms with E-state index in [0.29, 0.717) is 19.0 Å². The van der Waals surface area contributed by atoms with Gasteiger partial charge in [0.15, 0.2) is 5.82 Å². The number of nitrogens with zero attached hydrogens (tertiary/aromatic N) is 4. The molecule has 1 aliphatic heterocycles. The molecular formula is C12H11FN4O. The Kier molecular flexibility index (Phi) is 2.76. The van der Waals surface area contributed by atoms with E-state index >= 15 is 0 Å². The zero-order valence-corrected chi connectivity index (χ0v) is 9.53. The Labute approximate surface area is 103 Å². The van der Waals surface area contributed by atoms with E-state index in [-0.39, 0.29) is 6.10 Å². The highest BCUT2D eigenvalue weighted by Gasteiger charge is 2.30. The van der Waals surface area contributed by atoms with Crippen molar-refractivity contribution in [3.63, 3.8) is 0 Å². The number of halogens is 1. The smallest absolute Gasteiger partial charge is 0.225 e. The summed E-state index contributed by atoms with van der Waals surface area (Å²) in [5, 5.41) is 0. The second kappa shape index (κ2) is 4.56. The van der Waals surface area contributed by atoms with E-state index in [9.17, 15) is 4.39 Å². The summed E-state index contributed by atoms with van der Waals surface area (Å²) in [5.74, 6) is 0.907. The molecule has 92 valence electrons. The molecule has 3 heterocycles. The fourth-order valence-electron chi connectivity index (χ4n) is 1.75. The standard InChI is InChI=1S/C12H11FN4O/c13-9-5-15-12(16-6-9)17-7-11(8-17)18-10-1-3-14-4-2-10/h1-6,11H,7-8H2. The van der Waals surface area contributed by atoms with Crippen LogP contribution in [0.1, 0.15) is 0 Å². The Bertz CT molecular complexity index is 513. The maximum Gasteiger partial charge on any atom is 0.225 e. The molecule has 0 radical (unpaired) electrons. The fourth-order valence-corrected chi connectivity index (χ4v) is 1.75. The molecule has 0 saturated carbocycles. The lowest BCUT2D eigenvalue weighted by atomic mass is 10.2. The predicted molar refractivity (Wildman–Crippen MR) is 62.9 cm³/mol. The van der Waals surface area contributed by atoms with Gasteiger partial charge in [0, 0.05) is 12.4 Å². The van der Waals surface area contributed by atoms with Crippen molar-refractivity contribution in [3.05, 3.63) is 42.7 Å². The van der Waals surface area contributed by atoms with Crippen LogP contribution in [-0.4, -0.2) is 34.1 Å². The average molecular weight is 246 g/mol. The van der Waals surface area contributed by atoms with Crippen molar-refractivity contribution in [2.24, 2.45) is 0 Å². The third-order valence-corrected chi connectivity index (χ3v) is 2.69. The molecule has 0 N–H and O–H groups in total. The molecular weight excluding hydrogens is 235 g/mol. The molecule has 5 nitrogen and oxygen atoms in total. The SMILES string of the molecule is Fc1cnc(N2CC(Oc3ccncc3)C2)nc1. The van der Waals surface area contributed by atoms with E-state index in [1.807, 2.05) is 17.0 Å². The molecule has 2 aromatic rings. The minimum atomic E-state index is -0.427. The molecule has 2 aromatic heterocycles. The Morgan fingerprint density at radius 2 is 1.83 bits per heavy atom. The molecule has 0 unspecified atom stereocenters. The summed E-state index contributed by atoms with van der Waals surface area (Å²) < 4.78 is 18.4. The second-order valence-electron chi connectivity index (χ2n) is 4.03. The molecule has 0 spiro atoms. The van der Waals surface area contributed by atoms with Crippen molar-refractivity contribution < 1.29 is 9.13 Å². The molecule has 0 amide bonds. The molecule has 1 aliphatic rings. The third-order valence-electron chi connectivity index (χ3n) is 2.69. The van der Waals surface area contributed by atoms with Crippen LogP contribution in [-0.2, 0) is 0 Å². The van der Waals surface area contributed by atoms with Gasteiger partial charge in [0.2, 0.25) is 5.95 Å². The van der Waals surface area contributed by atoms with Gasteiger partial charge in [-0.25, -0.2) is 14.4 Å².